The topological polar surface area (TPSA) is 158 Å². The highest BCUT2D eigenvalue weighted by molar-refractivity contribution is 5.88. The average Bonchev–Trinajstić information content (AvgIpc) is 3.28. The third-order valence-corrected chi connectivity index (χ3v) is 5.64. The van der Waals surface area contributed by atoms with Gasteiger partial charge < -0.3 is 25.8 Å². The average molecular weight is 462 g/mol. The first kappa shape index (κ1) is 26.1. The molecule has 10 heteroatoms. The van der Waals surface area contributed by atoms with E-state index in [1.165, 1.54) is 4.90 Å². The van der Waals surface area contributed by atoms with Gasteiger partial charge in [-0.05, 0) is 51.0 Å². The maximum atomic E-state index is 13.3. The SMILES string of the molecule is CCOC(=O)C(CCc1ccccc1)N[C@@H](CCCNC(=N)N)C(=O)N1CCC[C@H]1C(=O)O. The van der Waals surface area contributed by atoms with E-state index in [4.69, 9.17) is 15.9 Å². The van der Waals surface area contributed by atoms with Crippen LogP contribution in [0.3, 0.4) is 0 Å². The summed E-state index contributed by atoms with van der Waals surface area (Å²) in [6, 6.07) is 7.38. The van der Waals surface area contributed by atoms with Crippen LogP contribution < -0.4 is 16.4 Å². The molecule has 0 spiro atoms. The maximum Gasteiger partial charge on any atom is 0.326 e. The van der Waals surface area contributed by atoms with Crippen LogP contribution in [-0.2, 0) is 25.5 Å². The molecule has 1 aromatic rings. The largest absolute Gasteiger partial charge is 0.480 e. The number of likely N-dealkylation sites (tertiary alicyclic amines) is 1. The highest BCUT2D eigenvalue weighted by Gasteiger charge is 2.38. The van der Waals surface area contributed by atoms with Crippen molar-refractivity contribution in [3.63, 3.8) is 0 Å². The first-order valence-corrected chi connectivity index (χ1v) is 11.4. The summed E-state index contributed by atoms with van der Waals surface area (Å²) in [6.07, 6.45) is 2.93. The van der Waals surface area contributed by atoms with Crippen LogP contribution in [0.15, 0.2) is 30.3 Å². The van der Waals surface area contributed by atoms with Crippen molar-refractivity contribution in [3.05, 3.63) is 35.9 Å². The number of rotatable bonds is 13. The molecule has 1 saturated heterocycles. The van der Waals surface area contributed by atoms with Crippen LogP contribution in [-0.4, -0.2) is 71.6 Å². The maximum absolute atomic E-state index is 13.3. The number of amides is 1. The minimum absolute atomic E-state index is 0.163. The number of carboxylic acids is 1. The van der Waals surface area contributed by atoms with E-state index in [0.717, 1.165) is 5.56 Å². The van der Waals surface area contributed by atoms with Gasteiger partial charge in [-0.1, -0.05) is 30.3 Å². The summed E-state index contributed by atoms with van der Waals surface area (Å²) in [6.45, 7) is 2.70. The van der Waals surface area contributed by atoms with E-state index >= 15 is 0 Å². The van der Waals surface area contributed by atoms with Crippen LogP contribution in [0.4, 0.5) is 0 Å². The Bertz CT molecular complexity index is 804. The third kappa shape index (κ3) is 8.38. The van der Waals surface area contributed by atoms with Crippen molar-refractivity contribution in [2.45, 2.75) is 63.6 Å². The predicted octanol–water partition coefficient (Wildman–Crippen LogP) is 0.848. The zero-order valence-corrected chi connectivity index (χ0v) is 19.1. The number of benzene rings is 1. The van der Waals surface area contributed by atoms with Crippen LogP contribution in [0.5, 0.6) is 0 Å². The molecule has 1 fully saturated rings. The van der Waals surface area contributed by atoms with Gasteiger partial charge in [0.1, 0.15) is 12.1 Å². The molecular weight excluding hydrogens is 426 g/mol. The molecule has 0 aliphatic carbocycles. The van der Waals surface area contributed by atoms with Crippen LogP contribution >= 0.6 is 0 Å². The van der Waals surface area contributed by atoms with E-state index < -0.39 is 30.1 Å². The van der Waals surface area contributed by atoms with Gasteiger partial charge in [-0.25, -0.2) is 4.79 Å². The Balaban J connectivity index is 2.15. The zero-order chi connectivity index (χ0) is 24.2. The highest BCUT2D eigenvalue weighted by Crippen LogP contribution is 2.20. The van der Waals surface area contributed by atoms with Gasteiger partial charge in [0.15, 0.2) is 5.96 Å². The molecule has 182 valence electrons. The van der Waals surface area contributed by atoms with E-state index in [-0.39, 0.29) is 18.5 Å². The summed E-state index contributed by atoms with van der Waals surface area (Å²) in [4.78, 5) is 39.0. The molecule has 1 heterocycles. The molecule has 1 aromatic carbocycles. The third-order valence-electron chi connectivity index (χ3n) is 5.64. The smallest absolute Gasteiger partial charge is 0.326 e. The van der Waals surface area contributed by atoms with Gasteiger partial charge in [-0.15, -0.1) is 0 Å². The molecular formula is C23H35N5O5. The van der Waals surface area contributed by atoms with Crippen molar-refractivity contribution in [2.75, 3.05) is 19.7 Å². The number of esters is 1. The molecule has 3 atom stereocenters. The molecule has 1 amide bonds. The number of nitrogens with one attached hydrogen (secondary N) is 3. The van der Waals surface area contributed by atoms with Crippen LogP contribution in [0.25, 0.3) is 0 Å². The van der Waals surface area contributed by atoms with Crippen LogP contribution in [0, 0.1) is 5.41 Å². The number of nitrogens with zero attached hydrogens (tertiary/aromatic N) is 1. The molecule has 2 rings (SSSR count). The number of carbonyl (C=O) groups is 3. The summed E-state index contributed by atoms with van der Waals surface area (Å²) < 4.78 is 5.24. The molecule has 6 N–H and O–H groups in total. The van der Waals surface area contributed by atoms with Gasteiger partial charge in [0.25, 0.3) is 0 Å². The summed E-state index contributed by atoms with van der Waals surface area (Å²) >= 11 is 0. The van der Waals surface area contributed by atoms with Gasteiger partial charge in [0.2, 0.25) is 5.91 Å². The first-order chi connectivity index (χ1) is 15.8. The number of aliphatic carboxylic acids is 1. The summed E-state index contributed by atoms with van der Waals surface area (Å²) in [5.41, 5.74) is 6.39. The standard InChI is InChI=1S/C23H35N5O5/c1-2-33-22(32)18(13-12-16-8-4-3-5-9-16)27-17(10-6-14-26-23(24)25)20(29)28-15-7-11-19(28)21(30)31/h3-5,8-9,17-19,27H,2,6-7,10-15H2,1H3,(H,30,31)(H4,24,25,26)/t17-,18?,19-/m0/s1. The van der Waals surface area contributed by atoms with Crippen molar-refractivity contribution in [2.24, 2.45) is 5.73 Å². The minimum atomic E-state index is -1.02. The molecule has 0 radical (unpaired) electrons. The quantitative estimate of drug-likeness (QED) is 0.125. The normalized spacial score (nSPS) is 17.2. The predicted molar refractivity (Wildman–Crippen MR) is 124 cm³/mol. The minimum Gasteiger partial charge on any atom is -0.480 e. The molecule has 0 bridgehead atoms. The van der Waals surface area contributed by atoms with Crippen LogP contribution in [0.1, 0.15) is 44.6 Å². The second kappa shape index (κ2) is 13.4. The Morgan fingerprint density at radius 3 is 2.61 bits per heavy atom. The Labute approximate surface area is 194 Å². The molecule has 1 unspecified atom stereocenters. The number of ether oxygens (including phenoxy) is 1. The number of carbonyl (C=O) groups excluding carboxylic acids is 2. The molecule has 10 nitrogen and oxygen atoms in total. The number of carboxylic acid groups (broad SMARTS) is 1. The fourth-order valence-corrected chi connectivity index (χ4v) is 4.01. The van der Waals surface area contributed by atoms with E-state index in [0.29, 0.717) is 51.6 Å². The van der Waals surface area contributed by atoms with Gasteiger partial charge in [0.05, 0.1) is 12.6 Å². The lowest BCUT2D eigenvalue weighted by Gasteiger charge is -2.30. The van der Waals surface area contributed by atoms with Gasteiger partial charge in [0, 0.05) is 13.1 Å². The fraction of sp³-hybridized carbons (Fsp3) is 0.565. The lowest BCUT2D eigenvalue weighted by Crippen LogP contribution is -2.54. The lowest BCUT2D eigenvalue weighted by molar-refractivity contribution is -0.150. The molecule has 33 heavy (non-hydrogen) atoms. The lowest BCUT2D eigenvalue weighted by atomic mass is 10.0. The van der Waals surface area contributed by atoms with Crippen LogP contribution in [0.2, 0.25) is 0 Å². The molecule has 1 aliphatic heterocycles. The van der Waals surface area contributed by atoms with Crippen molar-refractivity contribution in [1.82, 2.24) is 15.5 Å². The molecule has 1 aliphatic rings. The van der Waals surface area contributed by atoms with Crippen molar-refractivity contribution < 1.29 is 24.2 Å². The van der Waals surface area contributed by atoms with Gasteiger partial charge in [-0.2, -0.15) is 0 Å². The van der Waals surface area contributed by atoms with E-state index in [1.54, 1.807) is 6.92 Å². The first-order valence-electron chi connectivity index (χ1n) is 11.4. The zero-order valence-electron chi connectivity index (χ0n) is 19.1. The molecule has 0 saturated carbocycles. The number of aryl methyl sites for hydroxylation is 1. The van der Waals surface area contributed by atoms with E-state index in [9.17, 15) is 19.5 Å². The number of nitrogens with two attached hydrogens (primary N) is 1. The second-order valence-corrected chi connectivity index (χ2v) is 8.06. The van der Waals surface area contributed by atoms with Gasteiger partial charge in [-0.3, -0.25) is 20.3 Å². The second-order valence-electron chi connectivity index (χ2n) is 8.06. The highest BCUT2D eigenvalue weighted by atomic mass is 16.5. The van der Waals surface area contributed by atoms with Crippen molar-refractivity contribution in [1.29, 1.82) is 5.41 Å². The summed E-state index contributed by atoms with van der Waals surface area (Å²) in [7, 11) is 0. The Hall–Kier alpha value is -3.14. The Morgan fingerprint density at radius 1 is 1.24 bits per heavy atom. The fourth-order valence-electron chi connectivity index (χ4n) is 4.01. The summed E-state index contributed by atoms with van der Waals surface area (Å²) in [5.74, 6) is -1.96. The van der Waals surface area contributed by atoms with Crippen molar-refractivity contribution in [3.8, 4) is 0 Å². The monoisotopic (exact) mass is 461 g/mol. The number of guanidine groups is 1. The number of hydrogen-bond acceptors (Lipinski definition) is 6. The Kier molecular flexibility index (Phi) is 10.6. The number of hydrogen-bond donors (Lipinski definition) is 5. The summed E-state index contributed by atoms with van der Waals surface area (Å²) in [5, 5.41) is 22.6. The van der Waals surface area contributed by atoms with Crippen molar-refractivity contribution >= 4 is 23.8 Å². The van der Waals surface area contributed by atoms with E-state index in [2.05, 4.69) is 10.6 Å². The molecule has 0 aromatic heterocycles. The van der Waals surface area contributed by atoms with E-state index in [1.807, 2.05) is 30.3 Å². The Morgan fingerprint density at radius 2 is 1.97 bits per heavy atom. The van der Waals surface area contributed by atoms with Gasteiger partial charge >= 0.3 is 11.9 Å².